The molecule has 0 atom stereocenters. The van der Waals surface area contributed by atoms with E-state index in [-0.39, 0.29) is 16.2 Å². The van der Waals surface area contributed by atoms with Crippen LogP contribution >= 0.6 is 0 Å². The molecule has 0 spiro atoms. The number of hydrogen-bond acceptors (Lipinski definition) is 5. The van der Waals surface area contributed by atoms with E-state index in [4.69, 9.17) is 10.00 Å². The highest BCUT2D eigenvalue weighted by atomic mass is 32.2. The molecule has 1 aliphatic rings. The zero-order valence-corrected chi connectivity index (χ0v) is 15.6. The van der Waals surface area contributed by atoms with Gasteiger partial charge < -0.3 is 10.1 Å². The van der Waals surface area contributed by atoms with Crippen molar-refractivity contribution < 1.29 is 17.9 Å². The Kier molecular flexibility index (Phi) is 5.44. The number of rotatable bonds is 5. The fourth-order valence-corrected chi connectivity index (χ4v) is 4.62. The summed E-state index contributed by atoms with van der Waals surface area (Å²) in [5, 5.41) is 11.5. The minimum Gasteiger partial charge on any atom is -0.495 e. The van der Waals surface area contributed by atoms with E-state index in [1.54, 1.807) is 24.3 Å². The van der Waals surface area contributed by atoms with Gasteiger partial charge >= 0.3 is 0 Å². The summed E-state index contributed by atoms with van der Waals surface area (Å²) in [6.45, 7) is 0.931. The Morgan fingerprint density at radius 3 is 2.41 bits per heavy atom. The molecule has 1 heterocycles. The number of carbonyl (C=O) groups is 1. The maximum absolute atomic E-state index is 12.9. The van der Waals surface area contributed by atoms with Crippen molar-refractivity contribution in [2.45, 2.75) is 17.7 Å². The Labute approximate surface area is 158 Å². The number of anilines is 1. The highest BCUT2D eigenvalue weighted by Gasteiger charge is 2.30. The number of nitriles is 1. The van der Waals surface area contributed by atoms with Crippen LogP contribution in [0.25, 0.3) is 0 Å². The van der Waals surface area contributed by atoms with Crippen LogP contribution in [0.4, 0.5) is 5.69 Å². The summed E-state index contributed by atoms with van der Waals surface area (Å²) in [7, 11) is -2.33. The summed E-state index contributed by atoms with van der Waals surface area (Å²) in [5.41, 5.74) is 1.20. The highest BCUT2D eigenvalue weighted by molar-refractivity contribution is 7.89. The molecule has 0 unspecified atom stereocenters. The van der Waals surface area contributed by atoms with Crippen molar-refractivity contribution in [1.82, 2.24) is 4.31 Å². The number of nitrogens with zero attached hydrogens (tertiary/aromatic N) is 2. The maximum Gasteiger partial charge on any atom is 0.255 e. The number of nitrogens with one attached hydrogen (secondary N) is 1. The van der Waals surface area contributed by atoms with E-state index < -0.39 is 15.9 Å². The largest absolute Gasteiger partial charge is 0.495 e. The molecule has 0 aliphatic carbocycles. The van der Waals surface area contributed by atoms with Gasteiger partial charge in [-0.3, -0.25) is 4.79 Å². The summed E-state index contributed by atoms with van der Waals surface area (Å²) in [4.78, 5) is 12.5. The standard InChI is InChI=1S/C19H19N3O4S/c1-26-17-9-6-15(12-18(17)27(24,25)22-10-2-3-11-22)19(23)21-16-7-4-14(13-20)5-8-16/h4-9,12H,2-3,10-11H2,1H3,(H,21,23). The van der Waals surface area contributed by atoms with E-state index in [9.17, 15) is 13.2 Å². The van der Waals surface area contributed by atoms with Gasteiger partial charge in [0.15, 0.2) is 0 Å². The molecule has 1 fully saturated rings. The van der Waals surface area contributed by atoms with Crippen LogP contribution in [-0.4, -0.2) is 38.8 Å². The zero-order valence-electron chi connectivity index (χ0n) is 14.8. The summed E-state index contributed by atoms with van der Waals surface area (Å²) in [6.07, 6.45) is 1.64. The molecule has 2 aromatic carbocycles. The van der Waals surface area contributed by atoms with Crippen molar-refractivity contribution in [3.63, 3.8) is 0 Å². The molecular formula is C19H19N3O4S. The number of hydrogen-bond donors (Lipinski definition) is 1. The van der Waals surface area contributed by atoms with Gasteiger partial charge in [0.1, 0.15) is 10.6 Å². The van der Waals surface area contributed by atoms with Crippen LogP contribution in [0.2, 0.25) is 0 Å². The molecule has 140 valence electrons. The predicted octanol–water partition coefficient (Wildman–Crippen LogP) is 2.60. The molecule has 0 bridgehead atoms. The van der Waals surface area contributed by atoms with E-state index in [0.717, 1.165) is 12.8 Å². The lowest BCUT2D eigenvalue weighted by Crippen LogP contribution is -2.28. The summed E-state index contributed by atoms with van der Waals surface area (Å²) in [6, 6.07) is 12.7. The van der Waals surface area contributed by atoms with Crippen LogP contribution in [0.15, 0.2) is 47.4 Å². The SMILES string of the molecule is COc1ccc(C(=O)Nc2ccc(C#N)cc2)cc1S(=O)(=O)N1CCCC1. The van der Waals surface area contributed by atoms with Crippen molar-refractivity contribution >= 4 is 21.6 Å². The smallest absolute Gasteiger partial charge is 0.255 e. The van der Waals surface area contributed by atoms with Gasteiger partial charge in [0.2, 0.25) is 10.0 Å². The van der Waals surface area contributed by atoms with E-state index in [1.807, 2.05) is 6.07 Å². The van der Waals surface area contributed by atoms with Gasteiger partial charge in [-0.25, -0.2) is 8.42 Å². The molecule has 1 saturated heterocycles. The molecule has 0 radical (unpaired) electrons. The van der Waals surface area contributed by atoms with Crippen molar-refractivity contribution in [2.24, 2.45) is 0 Å². The summed E-state index contributed by atoms with van der Waals surface area (Å²) >= 11 is 0. The van der Waals surface area contributed by atoms with Crippen LogP contribution in [-0.2, 0) is 10.0 Å². The first-order valence-electron chi connectivity index (χ1n) is 8.45. The third-order valence-corrected chi connectivity index (χ3v) is 6.30. The van der Waals surface area contributed by atoms with Crippen LogP contribution < -0.4 is 10.1 Å². The highest BCUT2D eigenvalue weighted by Crippen LogP contribution is 2.30. The van der Waals surface area contributed by atoms with Gasteiger partial charge in [0.05, 0.1) is 18.7 Å². The molecule has 1 amide bonds. The third kappa shape index (κ3) is 3.94. The normalized spacial score (nSPS) is 14.5. The van der Waals surface area contributed by atoms with Gasteiger partial charge in [0, 0.05) is 24.3 Å². The average Bonchev–Trinajstić information content (AvgIpc) is 3.23. The van der Waals surface area contributed by atoms with E-state index in [0.29, 0.717) is 24.3 Å². The lowest BCUT2D eigenvalue weighted by molar-refractivity contribution is 0.102. The number of methoxy groups -OCH3 is 1. The first kappa shape index (κ1) is 18.9. The van der Waals surface area contributed by atoms with Crippen molar-refractivity contribution in [2.75, 3.05) is 25.5 Å². The van der Waals surface area contributed by atoms with Crippen LogP contribution in [0, 0.1) is 11.3 Å². The zero-order chi connectivity index (χ0) is 19.4. The molecule has 8 heteroatoms. The maximum atomic E-state index is 12.9. The lowest BCUT2D eigenvalue weighted by Gasteiger charge is -2.18. The third-order valence-electron chi connectivity index (χ3n) is 4.38. The van der Waals surface area contributed by atoms with Gasteiger partial charge in [-0.05, 0) is 55.3 Å². The summed E-state index contributed by atoms with van der Waals surface area (Å²) < 4.78 is 32.4. The van der Waals surface area contributed by atoms with Crippen molar-refractivity contribution in [3.8, 4) is 11.8 Å². The number of benzene rings is 2. The Hall–Kier alpha value is -2.89. The summed E-state index contributed by atoms with van der Waals surface area (Å²) in [5.74, 6) is -0.239. The number of carbonyl (C=O) groups excluding carboxylic acids is 1. The monoisotopic (exact) mass is 385 g/mol. The topological polar surface area (TPSA) is 99.5 Å². The molecule has 0 aromatic heterocycles. The number of amides is 1. The molecule has 1 N–H and O–H groups in total. The van der Waals surface area contributed by atoms with Crippen LogP contribution in [0.5, 0.6) is 5.75 Å². The molecule has 7 nitrogen and oxygen atoms in total. The number of sulfonamides is 1. The second-order valence-electron chi connectivity index (χ2n) is 6.12. The molecule has 27 heavy (non-hydrogen) atoms. The second kappa shape index (κ2) is 7.78. The predicted molar refractivity (Wildman–Crippen MR) is 100 cm³/mol. The van der Waals surface area contributed by atoms with Gasteiger partial charge in [-0.1, -0.05) is 0 Å². The van der Waals surface area contributed by atoms with E-state index in [2.05, 4.69) is 5.32 Å². The fourth-order valence-electron chi connectivity index (χ4n) is 2.92. The second-order valence-corrected chi connectivity index (χ2v) is 8.03. The molecule has 0 saturated carbocycles. The Bertz CT molecular complexity index is 989. The van der Waals surface area contributed by atoms with Crippen molar-refractivity contribution in [1.29, 1.82) is 5.26 Å². The number of ether oxygens (including phenoxy) is 1. The van der Waals surface area contributed by atoms with E-state index >= 15 is 0 Å². The first-order chi connectivity index (χ1) is 13.0. The molecule has 3 rings (SSSR count). The average molecular weight is 385 g/mol. The molecular weight excluding hydrogens is 366 g/mol. The van der Waals surface area contributed by atoms with Gasteiger partial charge in [0.25, 0.3) is 5.91 Å². The van der Waals surface area contributed by atoms with Gasteiger partial charge in [-0.15, -0.1) is 0 Å². The van der Waals surface area contributed by atoms with Crippen molar-refractivity contribution in [3.05, 3.63) is 53.6 Å². The van der Waals surface area contributed by atoms with E-state index in [1.165, 1.54) is 29.6 Å². The Morgan fingerprint density at radius 2 is 1.81 bits per heavy atom. The first-order valence-corrected chi connectivity index (χ1v) is 9.89. The van der Waals surface area contributed by atoms with Crippen LogP contribution in [0.1, 0.15) is 28.8 Å². The Balaban J connectivity index is 1.90. The minimum atomic E-state index is -3.73. The fraction of sp³-hybridized carbons (Fsp3) is 0.263. The van der Waals surface area contributed by atoms with Gasteiger partial charge in [-0.2, -0.15) is 9.57 Å². The molecule has 2 aromatic rings. The van der Waals surface area contributed by atoms with Crippen LogP contribution in [0.3, 0.4) is 0 Å². The lowest BCUT2D eigenvalue weighted by atomic mass is 10.2. The Morgan fingerprint density at radius 1 is 1.15 bits per heavy atom. The quantitative estimate of drug-likeness (QED) is 0.853. The molecule has 1 aliphatic heterocycles. The minimum absolute atomic E-state index is 0.0145.